The van der Waals surface area contributed by atoms with Crippen molar-refractivity contribution < 1.29 is 0 Å². The van der Waals surface area contributed by atoms with E-state index < -0.39 is 0 Å². The predicted octanol–water partition coefficient (Wildman–Crippen LogP) is 3.88. The van der Waals surface area contributed by atoms with Gasteiger partial charge in [-0.1, -0.05) is 18.2 Å². The molecule has 2 rings (SSSR count). The van der Waals surface area contributed by atoms with Gasteiger partial charge in [0.25, 0.3) is 0 Å². The Morgan fingerprint density at radius 2 is 1.63 bits per heavy atom. The molecule has 0 saturated heterocycles. The van der Waals surface area contributed by atoms with Gasteiger partial charge in [-0.15, -0.1) is 11.8 Å². The van der Waals surface area contributed by atoms with Crippen molar-refractivity contribution in [2.75, 3.05) is 17.2 Å². The highest BCUT2D eigenvalue weighted by molar-refractivity contribution is 7.99. The van der Waals surface area contributed by atoms with Gasteiger partial charge in [0.05, 0.1) is 0 Å². The van der Waals surface area contributed by atoms with E-state index in [2.05, 4.69) is 31.2 Å². The Labute approximate surface area is 119 Å². The van der Waals surface area contributed by atoms with Crippen LogP contribution in [0.2, 0.25) is 0 Å². The molecule has 0 aliphatic carbocycles. The lowest BCUT2D eigenvalue weighted by molar-refractivity contribution is 0.933. The summed E-state index contributed by atoms with van der Waals surface area (Å²) in [5.41, 5.74) is 15.8. The summed E-state index contributed by atoms with van der Waals surface area (Å²) in [5, 5.41) is 0. The monoisotopic (exact) mass is 272 g/mol. The van der Waals surface area contributed by atoms with Crippen LogP contribution in [0, 0.1) is 6.92 Å². The molecule has 0 aliphatic heterocycles. The van der Waals surface area contributed by atoms with Gasteiger partial charge in [0.15, 0.2) is 0 Å². The Balaban J connectivity index is 1.80. The van der Waals surface area contributed by atoms with Gasteiger partial charge in [0.1, 0.15) is 0 Å². The van der Waals surface area contributed by atoms with Crippen molar-refractivity contribution in [3.8, 4) is 0 Å². The van der Waals surface area contributed by atoms with E-state index in [1.165, 1.54) is 16.0 Å². The molecule has 19 heavy (non-hydrogen) atoms. The van der Waals surface area contributed by atoms with Crippen LogP contribution >= 0.6 is 11.8 Å². The van der Waals surface area contributed by atoms with Crippen molar-refractivity contribution in [1.82, 2.24) is 0 Å². The Hall–Kier alpha value is -1.61. The lowest BCUT2D eigenvalue weighted by Crippen LogP contribution is -1.91. The van der Waals surface area contributed by atoms with E-state index in [4.69, 9.17) is 11.5 Å². The molecule has 0 spiro atoms. The third-order valence-corrected chi connectivity index (χ3v) is 4.30. The summed E-state index contributed by atoms with van der Waals surface area (Å²) in [6.45, 7) is 2.13. The minimum absolute atomic E-state index is 0.827. The van der Waals surface area contributed by atoms with Gasteiger partial charge in [-0.25, -0.2) is 0 Å². The smallest absolute Gasteiger partial charge is 0.0325 e. The Bertz CT molecular complexity index is 535. The molecule has 0 heterocycles. The number of anilines is 2. The maximum absolute atomic E-state index is 5.81. The molecular weight excluding hydrogens is 252 g/mol. The molecule has 0 aliphatic rings. The minimum atomic E-state index is 0.827. The zero-order valence-electron chi connectivity index (χ0n) is 11.2. The average molecular weight is 272 g/mol. The van der Waals surface area contributed by atoms with E-state index >= 15 is 0 Å². The molecule has 0 atom stereocenters. The first-order valence-electron chi connectivity index (χ1n) is 6.48. The van der Waals surface area contributed by atoms with Crippen molar-refractivity contribution in [1.29, 1.82) is 0 Å². The van der Waals surface area contributed by atoms with Crippen LogP contribution < -0.4 is 11.5 Å². The molecule has 0 bridgehead atoms. The molecule has 0 amide bonds. The van der Waals surface area contributed by atoms with E-state index in [0.717, 1.165) is 30.0 Å². The van der Waals surface area contributed by atoms with E-state index in [9.17, 15) is 0 Å². The standard InChI is InChI=1S/C16H20N2S/c1-12-4-7-15(18)11-16(12)19-10-2-3-13-5-8-14(17)9-6-13/h4-9,11H,2-3,10,17-18H2,1H3. The highest BCUT2D eigenvalue weighted by atomic mass is 32.2. The number of nitrogens with two attached hydrogens (primary N) is 2. The fourth-order valence-corrected chi connectivity index (χ4v) is 2.94. The van der Waals surface area contributed by atoms with Crippen molar-refractivity contribution in [3.63, 3.8) is 0 Å². The van der Waals surface area contributed by atoms with E-state index in [-0.39, 0.29) is 0 Å². The highest BCUT2D eigenvalue weighted by Gasteiger charge is 2.00. The molecule has 3 heteroatoms. The van der Waals surface area contributed by atoms with Crippen LogP contribution in [0.3, 0.4) is 0 Å². The topological polar surface area (TPSA) is 52.0 Å². The number of hydrogen-bond acceptors (Lipinski definition) is 3. The van der Waals surface area contributed by atoms with Crippen molar-refractivity contribution in [2.45, 2.75) is 24.7 Å². The number of hydrogen-bond donors (Lipinski definition) is 2. The molecule has 2 nitrogen and oxygen atoms in total. The van der Waals surface area contributed by atoms with E-state index in [1.54, 1.807) is 0 Å². The first-order chi connectivity index (χ1) is 9.15. The molecule has 0 unspecified atom stereocenters. The third-order valence-electron chi connectivity index (χ3n) is 3.06. The summed E-state index contributed by atoms with van der Waals surface area (Å²) in [6, 6.07) is 14.2. The molecule has 0 saturated carbocycles. The largest absolute Gasteiger partial charge is 0.399 e. The van der Waals surface area contributed by atoms with Crippen LogP contribution in [0.1, 0.15) is 17.5 Å². The Kier molecular flexibility index (Phi) is 4.74. The quantitative estimate of drug-likeness (QED) is 0.493. The van der Waals surface area contributed by atoms with Gasteiger partial charge in [-0.05, 0) is 60.9 Å². The van der Waals surface area contributed by atoms with Crippen LogP contribution in [-0.2, 0) is 6.42 Å². The van der Waals surface area contributed by atoms with Gasteiger partial charge in [0, 0.05) is 16.3 Å². The van der Waals surface area contributed by atoms with Crippen molar-refractivity contribution in [2.24, 2.45) is 0 Å². The lowest BCUT2D eigenvalue weighted by atomic mass is 10.1. The van der Waals surface area contributed by atoms with Gasteiger partial charge >= 0.3 is 0 Å². The Morgan fingerprint density at radius 1 is 0.947 bits per heavy atom. The first-order valence-corrected chi connectivity index (χ1v) is 7.47. The molecule has 100 valence electrons. The van der Waals surface area contributed by atoms with Crippen molar-refractivity contribution in [3.05, 3.63) is 53.6 Å². The Morgan fingerprint density at radius 3 is 2.37 bits per heavy atom. The fourth-order valence-electron chi connectivity index (χ4n) is 1.91. The summed E-state index contributed by atoms with van der Waals surface area (Å²) in [6.07, 6.45) is 2.25. The number of benzene rings is 2. The van der Waals surface area contributed by atoms with E-state index in [1.807, 2.05) is 30.0 Å². The average Bonchev–Trinajstić information content (AvgIpc) is 2.40. The predicted molar refractivity (Wildman–Crippen MR) is 85.5 cm³/mol. The van der Waals surface area contributed by atoms with Crippen LogP contribution in [0.5, 0.6) is 0 Å². The maximum atomic E-state index is 5.81. The van der Waals surface area contributed by atoms with Crippen LogP contribution in [0.25, 0.3) is 0 Å². The summed E-state index contributed by atoms with van der Waals surface area (Å²) in [7, 11) is 0. The fraction of sp³-hybridized carbons (Fsp3) is 0.250. The molecule has 0 radical (unpaired) electrons. The maximum Gasteiger partial charge on any atom is 0.0325 e. The SMILES string of the molecule is Cc1ccc(N)cc1SCCCc1ccc(N)cc1. The number of thioether (sulfide) groups is 1. The molecule has 0 fully saturated rings. The number of nitrogen functional groups attached to an aromatic ring is 2. The first kappa shape index (κ1) is 13.8. The molecule has 2 aromatic carbocycles. The van der Waals surface area contributed by atoms with Gasteiger partial charge < -0.3 is 11.5 Å². The summed E-state index contributed by atoms with van der Waals surface area (Å²) < 4.78 is 0. The zero-order chi connectivity index (χ0) is 13.7. The van der Waals surface area contributed by atoms with Crippen LogP contribution in [0.4, 0.5) is 11.4 Å². The molecule has 0 aromatic heterocycles. The normalized spacial score (nSPS) is 10.6. The van der Waals surface area contributed by atoms with Crippen molar-refractivity contribution >= 4 is 23.1 Å². The van der Waals surface area contributed by atoms with Gasteiger partial charge in [0.2, 0.25) is 0 Å². The number of aryl methyl sites for hydroxylation is 2. The second-order valence-electron chi connectivity index (χ2n) is 4.72. The summed E-state index contributed by atoms with van der Waals surface area (Å²) in [4.78, 5) is 1.29. The summed E-state index contributed by atoms with van der Waals surface area (Å²) >= 11 is 1.88. The zero-order valence-corrected chi connectivity index (χ0v) is 12.0. The van der Waals surface area contributed by atoms with E-state index in [0.29, 0.717) is 0 Å². The minimum Gasteiger partial charge on any atom is -0.399 e. The highest BCUT2D eigenvalue weighted by Crippen LogP contribution is 2.25. The second kappa shape index (κ2) is 6.53. The van der Waals surface area contributed by atoms with Gasteiger partial charge in [-0.2, -0.15) is 0 Å². The second-order valence-corrected chi connectivity index (χ2v) is 5.86. The third kappa shape index (κ3) is 4.21. The lowest BCUT2D eigenvalue weighted by Gasteiger charge is -2.07. The summed E-state index contributed by atoms with van der Waals surface area (Å²) in [5.74, 6) is 1.11. The molecule has 2 aromatic rings. The molecule has 4 N–H and O–H groups in total. The van der Waals surface area contributed by atoms with Gasteiger partial charge in [-0.3, -0.25) is 0 Å². The van der Waals surface area contributed by atoms with Crippen LogP contribution in [0.15, 0.2) is 47.4 Å². The number of rotatable bonds is 5. The molecular formula is C16H20N2S. The van der Waals surface area contributed by atoms with Crippen LogP contribution in [-0.4, -0.2) is 5.75 Å².